The first kappa shape index (κ1) is 44.5. The summed E-state index contributed by atoms with van der Waals surface area (Å²) in [7, 11) is 2.90. The zero-order valence-corrected chi connectivity index (χ0v) is 32.0. The van der Waals surface area contributed by atoms with Gasteiger partial charge in [0, 0.05) is 5.56 Å². The van der Waals surface area contributed by atoms with Gasteiger partial charge in [0.15, 0.2) is 41.7 Å². The molecule has 3 saturated heterocycles. The van der Waals surface area contributed by atoms with Gasteiger partial charge < -0.3 is 98.8 Å². The minimum atomic E-state index is -1.91. The summed E-state index contributed by atoms with van der Waals surface area (Å²) in [4.78, 5) is 0. The summed E-state index contributed by atoms with van der Waals surface area (Å²) >= 11 is 0. The van der Waals surface area contributed by atoms with Crippen LogP contribution in [-0.2, 0) is 30.1 Å². The number of aryl methyl sites for hydroxylation is 1. The van der Waals surface area contributed by atoms with Crippen molar-refractivity contribution in [1.29, 1.82) is 0 Å². The SMILES string of the molecule is CCCc1cc(OC)c2c(c1)[C@@H](CO)[C@H](c1ccc(O[C@H]3O[C@H](CO[C@@H]4O[C@H](CO)[C@@H](O)[C@H](O)[C@H]4O)[C@@H](O)[C@H](O)[C@H]3O[C@H]3O[C@H](CO)[C@@H](O)[C@H](O)[C@H]3O)c(OC)c1)O2. The van der Waals surface area contributed by atoms with E-state index >= 15 is 0 Å². The lowest BCUT2D eigenvalue weighted by atomic mass is 9.90. The lowest BCUT2D eigenvalue weighted by Crippen LogP contribution is -2.65. The standard InChI is InChI=1S/C38H54O20/c1-4-5-15-8-17-18(11-39)33(57-34(17)21(9-15)51-3)16-6-7-19(20(10-16)50-2)53-38-35(58-37-32(49)29(46)26(43)23(13-41)55-37)30(47)27(44)24(56-38)14-52-36-31(48)28(45)25(42)22(12-40)54-36/h6-10,18,22-33,35-49H,4-5,11-14H2,1-3H3/t18-,22-,23-,24-,25-,26-,27-,28+,29+,30+,31-,32-,33+,35-,36-,37-,38+/m1/s1. The van der Waals surface area contributed by atoms with Gasteiger partial charge in [-0.15, -0.1) is 0 Å². The van der Waals surface area contributed by atoms with E-state index in [1.807, 2.05) is 12.1 Å². The maximum atomic E-state index is 11.5. The molecule has 0 amide bonds. The van der Waals surface area contributed by atoms with Crippen molar-refractivity contribution in [3.8, 4) is 23.0 Å². The molecule has 11 N–H and O–H groups in total. The van der Waals surface area contributed by atoms with Crippen LogP contribution in [0.5, 0.6) is 23.0 Å². The predicted molar refractivity (Wildman–Crippen MR) is 193 cm³/mol. The number of hydrogen-bond acceptors (Lipinski definition) is 20. The molecule has 4 heterocycles. The second kappa shape index (κ2) is 19.1. The van der Waals surface area contributed by atoms with Crippen molar-refractivity contribution in [2.24, 2.45) is 0 Å². The molecule has 2 aromatic carbocycles. The van der Waals surface area contributed by atoms with Crippen molar-refractivity contribution in [2.45, 2.75) is 124 Å². The molecule has 20 heteroatoms. The summed E-state index contributed by atoms with van der Waals surface area (Å²) in [5.74, 6) is 0.682. The normalized spacial score (nSPS) is 38.8. The number of hydrogen-bond donors (Lipinski definition) is 11. The first-order valence-corrected chi connectivity index (χ1v) is 19.0. The number of methoxy groups -OCH3 is 2. The predicted octanol–water partition coefficient (Wildman–Crippen LogP) is -3.31. The average molecular weight is 831 g/mol. The maximum Gasteiger partial charge on any atom is 0.229 e. The van der Waals surface area contributed by atoms with Crippen LogP contribution in [0.1, 0.15) is 42.1 Å². The van der Waals surface area contributed by atoms with Crippen LogP contribution >= 0.6 is 0 Å². The minimum absolute atomic E-state index is 0.00900. The molecule has 20 nitrogen and oxygen atoms in total. The molecule has 4 aliphatic heterocycles. The van der Waals surface area contributed by atoms with Crippen molar-refractivity contribution in [1.82, 2.24) is 0 Å². The van der Waals surface area contributed by atoms with Crippen LogP contribution < -0.4 is 18.9 Å². The van der Waals surface area contributed by atoms with Gasteiger partial charge in [-0.05, 0) is 35.7 Å². The third-order valence-corrected chi connectivity index (χ3v) is 10.9. The molecule has 0 saturated carbocycles. The highest BCUT2D eigenvalue weighted by atomic mass is 16.8. The Hall–Kier alpha value is -3.00. The number of rotatable bonds is 15. The Morgan fingerprint density at radius 3 is 1.81 bits per heavy atom. The topological polar surface area (TPSA) is 306 Å². The fourth-order valence-electron chi connectivity index (χ4n) is 7.63. The van der Waals surface area contributed by atoms with Gasteiger partial charge in [0.25, 0.3) is 0 Å². The van der Waals surface area contributed by atoms with Crippen molar-refractivity contribution < 1.29 is 98.8 Å². The summed E-state index contributed by atoms with van der Waals surface area (Å²) in [6.07, 6.45) is -24.4. The number of ether oxygens (including phenoxy) is 9. The van der Waals surface area contributed by atoms with E-state index in [2.05, 4.69) is 6.92 Å². The monoisotopic (exact) mass is 830 g/mol. The van der Waals surface area contributed by atoms with E-state index in [-0.39, 0.29) is 18.1 Å². The molecule has 0 aromatic heterocycles. The Bertz CT molecular complexity index is 1640. The molecule has 6 rings (SSSR count). The molecule has 0 bridgehead atoms. The number of fused-ring (bicyclic) bond motifs is 1. The third kappa shape index (κ3) is 8.75. The van der Waals surface area contributed by atoms with E-state index in [1.165, 1.54) is 20.3 Å². The van der Waals surface area contributed by atoms with E-state index in [4.69, 9.17) is 42.6 Å². The van der Waals surface area contributed by atoms with Gasteiger partial charge in [-0.3, -0.25) is 0 Å². The first-order chi connectivity index (χ1) is 27.8. The van der Waals surface area contributed by atoms with Gasteiger partial charge in [-0.25, -0.2) is 0 Å². The van der Waals surface area contributed by atoms with Gasteiger partial charge in [0.2, 0.25) is 6.29 Å². The van der Waals surface area contributed by atoms with Crippen molar-refractivity contribution in [3.05, 3.63) is 47.0 Å². The summed E-state index contributed by atoms with van der Waals surface area (Å²) in [5, 5.41) is 115. The molecule has 0 radical (unpaired) electrons. The zero-order valence-electron chi connectivity index (χ0n) is 32.0. The number of benzene rings is 2. The lowest BCUT2D eigenvalue weighted by molar-refractivity contribution is -0.363. The highest BCUT2D eigenvalue weighted by Gasteiger charge is 2.53. The van der Waals surface area contributed by atoms with Crippen LogP contribution in [0.15, 0.2) is 30.3 Å². The zero-order chi connectivity index (χ0) is 42.0. The molecule has 3 fully saturated rings. The summed E-state index contributed by atoms with van der Waals surface area (Å²) in [5.41, 5.74) is 2.39. The molecule has 0 unspecified atom stereocenters. The molecule has 326 valence electrons. The lowest BCUT2D eigenvalue weighted by Gasteiger charge is -2.46. The summed E-state index contributed by atoms with van der Waals surface area (Å²) in [6, 6.07) is 8.65. The molecule has 2 aromatic rings. The number of aliphatic hydroxyl groups excluding tert-OH is 11. The van der Waals surface area contributed by atoms with E-state index < -0.39 is 124 Å². The van der Waals surface area contributed by atoms with Crippen LogP contribution in [-0.4, -0.2) is 189 Å². The third-order valence-electron chi connectivity index (χ3n) is 10.9. The first-order valence-electron chi connectivity index (χ1n) is 19.0. The Morgan fingerprint density at radius 2 is 1.21 bits per heavy atom. The van der Waals surface area contributed by atoms with E-state index in [0.29, 0.717) is 17.1 Å². The van der Waals surface area contributed by atoms with Crippen LogP contribution in [0, 0.1) is 0 Å². The number of aliphatic hydroxyl groups is 11. The van der Waals surface area contributed by atoms with E-state index in [1.54, 1.807) is 12.1 Å². The highest BCUT2D eigenvalue weighted by molar-refractivity contribution is 5.56. The van der Waals surface area contributed by atoms with E-state index in [9.17, 15) is 56.2 Å². The highest BCUT2D eigenvalue weighted by Crippen LogP contribution is 2.51. The summed E-state index contributed by atoms with van der Waals surface area (Å²) in [6.45, 7) is -0.334. The van der Waals surface area contributed by atoms with Gasteiger partial charge in [-0.2, -0.15) is 0 Å². The Balaban J connectivity index is 1.27. The largest absolute Gasteiger partial charge is 0.493 e. The van der Waals surface area contributed by atoms with Crippen molar-refractivity contribution in [2.75, 3.05) is 40.6 Å². The van der Waals surface area contributed by atoms with Crippen LogP contribution in [0.4, 0.5) is 0 Å². The quantitative estimate of drug-likeness (QED) is 0.0838. The Morgan fingerprint density at radius 1 is 0.603 bits per heavy atom. The smallest absolute Gasteiger partial charge is 0.229 e. The Kier molecular flexibility index (Phi) is 14.7. The van der Waals surface area contributed by atoms with E-state index in [0.717, 1.165) is 24.0 Å². The van der Waals surface area contributed by atoms with Gasteiger partial charge in [0.05, 0.1) is 46.6 Å². The second-order valence-electron chi connectivity index (χ2n) is 14.7. The molecule has 4 aliphatic rings. The van der Waals surface area contributed by atoms with Gasteiger partial charge >= 0.3 is 0 Å². The molecular formula is C38H54O20. The second-order valence-corrected chi connectivity index (χ2v) is 14.7. The van der Waals surface area contributed by atoms with Gasteiger partial charge in [0.1, 0.15) is 73.2 Å². The molecule has 0 aliphatic carbocycles. The van der Waals surface area contributed by atoms with Crippen LogP contribution in [0.25, 0.3) is 0 Å². The van der Waals surface area contributed by atoms with Crippen molar-refractivity contribution in [3.63, 3.8) is 0 Å². The minimum Gasteiger partial charge on any atom is -0.493 e. The molecular weight excluding hydrogens is 776 g/mol. The van der Waals surface area contributed by atoms with Crippen LogP contribution in [0.3, 0.4) is 0 Å². The molecule has 17 atom stereocenters. The maximum absolute atomic E-state index is 11.5. The Labute approximate surface area is 333 Å². The van der Waals surface area contributed by atoms with Crippen molar-refractivity contribution >= 4 is 0 Å². The molecule has 0 spiro atoms. The summed E-state index contributed by atoms with van der Waals surface area (Å²) < 4.78 is 52.3. The van der Waals surface area contributed by atoms with Crippen LogP contribution in [0.2, 0.25) is 0 Å². The fourth-order valence-corrected chi connectivity index (χ4v) is 7.63. The molecule has 58 heavy (non-hydrogen) atoms. The fraction of sp³-hybridized carbons (Fsp3) is 0.684. The van der Waals surface area contributed by atoms with Gasteiger partial charge in [-0.1, -0.05) is 25.5 Å². The average Bonchev–Trinajstić information content (AvgIpc) is 3.61.